The van der Waals surface area contributed by atoms with Gasteiger partial charge in [-0.1, -0.05) is 33.3 Å². The minimum absolute atomic E-state index is 0.0812. The minimum atomic E-state index is -1.22. The summed E-state index contributed by atoms with van der Waals surface area (Å²) in [6.45, 7) is 9.20. The van der Waals surface area contributed by atoms with Gasteiger partial charge in [-0.15, -0.1) is 6.58 Å². The molecule has 4 atom stereocenters. The topological polar surface area (TPSA) is 188 Å². The maximum absolute atomic E-state index is 13.3. The smallest absolute Gasteiger partial charge is 0.320 e. The van der Waals surface area contributed by atoms with Crippen molar-refractivity contribution in [2.24, 2.45) is 11.7 Å². The molecule has 0 aromatic rings. The van der Waals surface area contributed by atoms with Crippen molar-refractivity contribution < 1.29 is 33.9 Å². The fourth-order valence-corrected chi connectivity index (χ4v) is 3.89. The lowest BCUT2D eigenvalue weighted by Crippen LogP contribution is -2.57. The van der Waals surface area contributed by atoms with E-state index >= 15 is 0 Å². The molecule has 1 rings (SSSR count). The van der Waals surface area contributed by atoms with Crippen molar-refractivity contribution in [1.29, 1.82) is 0 Å². The maximum Gasteiger partial charge on any atom is 0.320 e. The molecular weight excluding hydrogens is 470 g/mol. The van der Waals surface area contributed by atoms with Gasteiger partial charge in [0.15, 0.2) is 0 Å². The summed E-state index contributed by atoms with van der Waals surface area (Å²) in [5.74, 6) is -4.61. The number of likely N-dealkylation sites (tertiary alicyclic amines) is 1. The number of carbonyl (C=O) groups excluding carboxylic acids is 5. The Morgan fingerprint density at radius 1 is 1.14 bits per heavy atom. The summed E-state index contributed by atoms with van der Waals surface area (Å²) in [5.41, 5.74) is 5.44. The summed E-state index contributed by atoms with van der Waals surface area (Å²) >= 11 is 0. The molecule has 1 aliphatic rings. The van der Waals surface area contributed by atoms with Crippen molar-refractivity contribution in [1.82, 2.24) is 20.9 Å². The van der Waals surface area contributed by atoms with E-state index < -0.39 is 59.5 Å². The van der Waals surface area contributed by atoms with Crippen LogP contribution in [0.15, 0.2) is 12.7 Å². The highest BCUT2D eigenvalue weighted by Gasteiger charge is 2.40. The van der Waals surface area contributed by atoms with Gasteiger partial charge in [0, 0.05) is 19.5 Å². The Bertz CT molecular complexity index is 845. The summed E-state index contributed by atoms with van der Waals surface area (Å²) < 4.78 is 0. The van der Waals surface area contributed by atoms with E-state index in [1.54, 1.807) is 13.8 Å². The van der Waals surface area contributed by atoms with Gasteiger partial charge in [-0.25, -0.2) is 0 Å². The molecule has 1 heterocycles. The molecule has 0 aliphatic carbocycles. The number of nitrogens with zero attached hydrogens (tertiary/aromatic N) is 1. The number of amides is 4. The Kier molecular flexibility index (Phi) is 12.8. The zero-order valence-electron chi connectivity index (χ0n) is 21.2. The van der Waals surface area contributed by atoms with Crippen LogP contribution in [0, 0.1) is 5.92 Å². The molecule has 0 saturated carbocycles. The molecule has 0 radical (unpaired) electrons. The molecule has 1 saturated heterocycles. The number of nitrogens with two attached hydrogens (primary N) is 1. The van der Waals surface area contributed by atoms with Crippen molar-refractivity contribution in [3.63, 3.8) is 0 Å². The second kappa shape index (κ2) is 15.0. The lowest BCUT2D eigenvalue weighted by Gasteiger charge is -2.31. The van der Waals surface area contributed by atoms with Crippen molar-refractivity contribution in [3.05, 3.63) is 12.7 Å². The van der Waals surface area contributed by atoms with Crippen LogP contribution in [0.2, 0.25) is 0 Å². The van der Waals surface area contributed by atoms with Crippen LogP contribution >= 0.6 is 0 Å². The van der Waals surface area contributed by atoms with E-state index in [9.17, 15) is 28.8 Å². The zero-order valence-corrected chi connectivity index (χ0v) is 21.2. The first kappa shape index (κ1) is 30.8. The average molecular weight is 510 g/mol. The third kappa shape index (κ3) is 9.06. The lowest BCUT2D eigenvalue weighted by molar-refractivity contribution is -0.144. The average Bonchev–Trinajstić information content (AvgIpc) is 3.33. The zero-order chi connectivity index (χ0) is 27.4. The predicted octanol–water partition coefficient (Wildman–Crippen LogP) is -0.533. The molecule has 0 unspecified atom stereocenters. The van der Waals surface area contributed by atoms with Gasteiger partial charge in [0.1, 0.15) is 18.1 Å². The van der Waals surface area contributed by atoms with Crippen molar-refractivity contribution in [2.75, 3.05) is 13.1 Å². The summed E-state index contributed by atoms with van der Waals surface area (Å²) in [5, 5.41) is 16.5. The number of carboxylic acids is 1. The third-order valence-corrected chi connectivity index (χ3v) is 5.93. The Balaban J connectivity index is 2.90. The molecule has 202 valence electrons. The molecule has 1 fully saturated rings. The van der Waals surface area contributed by atoms with Crippen molar-refractivity contribution in [2.45, 2.75) is 83.5 Å². The van der Waals surface area contributed by atoms with Gasteiger partial charge in [-0.2, -0.15) is 0 Å². The van der Waals surface area contributed by atoms with Crippen LogP contribution in [-0.4, -0.2) is 82.6 Å². The van der Waals surface area contributed by atoms with Gasteiger partial charge < -0.3 is 31.7 Å². The van der Waals surface area contributed by atoms with Crippen LogP contribution in [0.25, 0.3) is 0 Å². The number of hydrogen-bond donors (Lipinski definition) is 5. The summed E-state index contributed by atoms with van der Waals surface area (Å²) in [4.78, 5) is 75.6. The van der Waals surface area contributed by atoms with E-state index in [-0.39, 0.29) is 31.7 Å². The third-order valence-electron chi connectivity index (χ3n) is 5.93. The first-order valence-corrected chi connectivity index (χ1v) is 12.3. The van der Waals surface area contributed by atoms with Crippen LogP contribution < -0.4 is 21.7 Å². The van der Waals surface area contributed by atoms with Crippen molar-refractivity contribution >= 4 is 35.4 Å². The number of hydrogen-bond acceptors (Lipinski definition) is 7. The number of ketones is 1. The number of Topliss-reactive ketones (excluding diaryl/α,β-unsaturated/α-hetero) is 1. The van der Waals surface area contributed by atoms with Gasteiger partial charge >= 0.3 is 5.97 Å². The summed E-state index contributed by atoms with van der Waals surface area (Å²) in [6, 6.07) is -3.98. The molecule has 12 nitrogen and oxygen atoms in total. The van der Waals surface area contributed by atoms with Crippen LogP contribution in [0.4, 0.5) is 0 Å². The Morgan fingerprint density at radius 3 is 2.36 bits per heavy atom. The number of carbonyl (C=O) groups is 6. The summed E-state index contributed by atoms with van der Waals surface area (Å²) in [6.07, 6.45) is 2.93. The molecule has 0 aromatic carbocycles. The van der Waals surface area contributed by atoms with E-state index in [0.29, 0.717) is 25.8 Å². The second-order valence-electron chi connectivity index (χ2n) is 9.18. The standard InChI is InChI=1S/C24H39N5O7/c1-5-8-16(20(31)22(33)26-12-6-2)27-21(32)17-9-7-13-29(17)23(34)19(14(3)4)28-18(30)11-10-15(25)24(35)36/h6,14-17,19H,2,5,7-13,25H2,1,3-4H3,(H,26,33)(H,27,32)(H,28,30)(H,35,36)/t15-,16-,17-,19-/m0/s1. The van der Waals surface area contributed by atoms with Gasteiger partial charge in [-0.3, -0.25) is 28.8 Å². The second-order valence-corrected chi connectivity index (χ2v) is 9.18. The van der Waals surface area contributed by atoms with E-state index in [2.05, 4.69) is 22.5 Å². The molecule has 0 bridgehead atoms. The van der Waals surface area contributed by atoms with Gasteiger partial charge in [0.05, 0.1) is 6.04 Å². The molecule has 0 aromatic heterocycles. The monoisotopic (exact) mass is 509 g/mol. The molecule has 0 spiro atoms. The van der Waals surface area contributed by atoms with E-state index in [0.717, 1.165) is 0 Å². The van der Waals surface area contributed by atoms with Crippen LogP contribution in [0.3, 0.4) is 0 Å². The van der Waals surface area contributed by atoms with Gasteiger partial charge in [0.2, 0.25) is 23.5 Å². The predicted molar refractivity (Wildman–Crippen MR) is 131 cm³/mol. The quantitative estimate of drug-likeness (QED) is 0.144. The minimum Gasteiger partial charge on any atom is -0.480 e. The Morgan fingerprint density at radius 2 is 1.81 bits per heavy atom. The molecular formula is C24H39N5O7. The fourth-order valence-electron chi connectivity index (χ4n) is 3.89. The molecule has 1 aliphatic heterocycles. The molecule has 4 amide bonds. The van der Waals surface area contributed by atoms with Gasteiger partial charge in [0.25, 0.3) is 5.91 Å². The van der Waals surface area contributed by atoms with E-state index in [4.69, 9.17) is 10.8 Å². The van der Waals surface area contributed by atoms with Gasteiger partial charge in [-0.05, 0) is 31.6 Å². The normalized spacial score (nSPS) is 17.6. The largest absolute Gasteiger partial charge is 0.480 e. The maximum atomic E-state index is 13.3. The first-order chi connectivity index (χ1) is 16.9. The molecule has 6 N–H and O–H groups in total. The number of carboxylic acid groups (broad SMARTS) is 1. The van der Waals surface area contributed by atoms with E-state index in [1.807, 2.05) is 6.92 Å². The SMILES string of the molecule is C=CCNC(=O)C(=O)[C@H](CCC)NC(=O)[C@@H]1CCCN1C(=O)[C@@H](NC(=O)CC[C@H](N)C(=O)O)C(C)C. The van der Waals surface area contributed by atoms with Crippen LogP contribution in [0.1, 0.15) is 59.3 Å². The lowest BCUT2D eigenvalue weighted by atomic mass is 10.0. The van der Waals surface area contributed by atoms with Crippen LogP contribution in [0.5, 0.6) is 0 Å². The van der Waals surface area contributed by atoms with E-state index in [1.165, 1.54) is 11.0 Å². The fraction of sp³-hybridized carbons (Fsp3) is 0.667. The van der Waals surface area contributed by atoms with Crippen molar-refractivity contribution in [3.8, 4) is 0 Å². The first-order valence-electron chi connectivity index (χ1n) is 12.3. The number of aliphatic carboxylic acids is 1. The highest BCUT2D eigenvalue weighted by atomic mass is 16.4. The number of nitrogens with one attached hydrogen (secondary N) is 3. The van der Waals surface area contributed by atoms with Crippen LogP contribution in [-0.2, 0) is 28.8 Å². The number of rotatable bonds is 15. The molecule has 12 heteroatoms. The molecule has 36 heavy (non-hydrogen) atoms. The highest BCUT2D eigenvalue weighted by molar-refractivity contribution is 6.38. The Labute approximate surface area is 211 Å². The Hall–Kier alpha value is -3.28. The highest BCUT2D eigenvalue weighted by Crippen LogP contribution is 2.21. The summed E-state index contributed by atoms with van der Waals surface area (Å²) in [7, 11) is 0.